The van der Waals surface area contributed by atoms with E-state index in [-0.39, 0.29) is 69.9 Å². The molecular weight excluding hydrogens is 618 g/mol. The van der Waals surface area contributed by atoms with E-state index in [4.69, 9.17) is 0 Å². The summed E-state index contributed by atoms with van der Waals surface area (Å²) < 4.78 is 74.4. The van der Waals surface area contributed by atoms with Crippen LogP contribution in [0.15, 0.2) is 131 Å². The van der Waals surface area contributed by atoms with Crippen LogP contribution >= 0.6 is 0 Å². The predicted octanol–water partition coefficient (Wildman–Crippen LogP) is 0.963. The summed E-state index contributed by atoms with van der Waals surface area (Å²) in [5.74, 6) is 0. The van der Waals surface area contributed by atoms with Crippen molar-refractivity contribution in [3.63, 3.8) is 0 Å². The third-order valence-electron chi connectivity index (χ3n) is 6.94. The first-order valence-corrected chi connectivity index (χ1v) is 15.6. The smallest absolute Gasteiger partial charge is 0.744 e. The minimum absolute atomic E-state index is 0. The van der Waals surface area contributed by atoms with Crippen LogP contribution in [0.3, 0.4) is 0 Å². The Hall–Kier alpha value is -2.74. The van der Waals surface area contributed by atoms with Crippen molar-refractivity contribution >= 4 is 64.5 Å². The van der Waals surface area contributed by atoms with Crippen molar-refractivity contribution < 1.29 is 85.1 Å². The van der Waals surface area contributed by atoms with E-state index >= 15 is 0 Å². The maximum Gasteiger partial charge on any atom is 1.00 e. The topological polar surface area (TPSA) is 138 Å². The molecule has 44 heavy (non-hydrogen) atoms. The summed E-state index contributed by atoms with van der Waals surface area (Å²) in [6.07, 6.45) is 0. The molecule has 0 aliphatic carbocycles. The van der Waals surface area contributed by atoms with Crippen LogP contribution in [0.25, 0.3) is 32.7 Å². The molecular formula is C32H22N2Na2O6S2. The van der Waals surface area contributed by atoms with Crippen molar-refractivity contribution in [1.82, 2.24) is 0 Å². The van der Waals surface area contributed by atoms with E-state index in [1.165, 1.54) is 24.3 Å². The first-order chi connectivity index (χ1) is 20.1. The summed E-state index contributed by atoms with van der Waals surface area (Å²) in [7, 11) is -9.75. The third kappa shape index (κ3) is 6.90. The molecule has 0 bridgehead atoms. The number of benzene rings is 6. The second-order valence-corrected chi connectivity index (χ2v) is 12.3. The Balaban J connectivity index is 0.00000221. The van der Waals surface area contributed by atoms with Crippen molar-refractivity contribution in [1.29, 1.82) is 0 Å². The fourth-order valence-electron chi connectivity index (χ4n) is 5.20. The number of anilines is 4. The molecule has 12 heteroatoms. The first-order valence-electron chi connectivity index (χ1n) is 12.8. The Labute approximate surface area is 299 Å². The number of hydrogen-bond acceptors (Lipinski definition) is 8. The SMILES string of the molecule is O=S(=O)([O-])c1cccc2c(-c3ccc(Nc4ccccc4)c4c(S(=O)(=O)[O-])cccc34)ccc(Nc3ccccc3)c12.[Na+].[Na+]. The molecule has 0 saturated heterocycles. The fraction of sp³-hybridized carbons (Fsp3) is 0. The van der Waals surface area contributed by atoms with Gasteiger partial charge in [-0.2, -0.15) is 0 Å². The number of rotatable bonds is 7. The van der Waals surface area contributed by atoms with Gasteiger partial charge < -0.3 is 19.7 Å². The second kappa shape index (κ2) is 13.7. The van der Waals surface area contributed by atoms with Crippen LogP contribution in [0, 0.1) is 0 Å². The maximum atomic E-state index is 12.4. The zero-order valence-electron chi connectivity index (χ0n) is 23.8. The van der Waals surface area contributed by atoms with Gasteiger partial charge in [0, 0.05) is 33.5 Å². The molecule has 0 unspecified atom stereocenters. The van der Waals surface area contributed by atoms with Gasteiger partial charge in [-0.1, -0.05) is 72.8 Å². The van der Waals surface area contributed by atoms with Gasteiger partial charge in [0.05, 0.1) is 9.79 Å². The molecule has 0 spiro atoms. The van der Waals surface area contributed by atoms with Gasteiger partial charge in [0.2, 0.25) is 0 Å². The summed E-state index contributed by atoms with van der Waals surface area (Å²) in [5, 5.41) is 7.71. The first kappa shape index (κ1) is 34.1. The number of nitrogens with one attached hydrogen (secondary N) is 2. The van der Waals surface area contributed by atoms with Gasteiger partial charge in [-0.15, -0.1) is 0 Å². The molecule has 6 aromatic rings. The van der Waals surface area contributed by atoms with Gasteiger partial charge >= 0.3 is 59.1 Å². The minimum atomic E-state index is -4.87. The number of para-hydroxylation sites is 2. The minimum Gasteiger partial charge on any atom is -0.744 e. The molecule has 0 aliphatic rings. The normalized spacial score (nSPS) is 11.4. The van der Waals surface area contributed by atoms with Gasteiger partial charge in [0.15, 0.2) is 0 Å². The molecule has 0 aromatic heterocycles. The summed E-state index contributed by atoms with van der Waals surface area (Å²) >= 11 is 0. The van der Waals surface area contributed by atoms with Crippen molar-refractivity contribution in [3.05, 3.63) is 121 Å². The largest absolute Gasteiger partial charge is 1.00 e. The zero-order valence-corrected chi connectivity index (χ0v) is 29.4. The van der Waals surface area contributed by atoms with E-state index in [0.717, 1.165) is 0 Å². The van der Waals surface area contributed by atoms with E-state index in [2.05, 4.69) is 10.6 Å². The van der Waals surface area contributed by atoms with Crippen LogP contribution in [0.5, 0.6) is 0 Å². The number of fused-ring (bicyclic) bond motifs is 2. The third-order valence-corrected chi connectivity index (χ3v) is 8.70. The second-order valence-electron chi connectivity index (χ2n) is 9.57. The van der Waals surface area contributed by atoms with Crippen molar-refractivity contribution in [2.75, 3.05) is 10.6 Å². The summed E-state index contributed by atoms with van der Waals surface area (Å²) in [5.41, 5.74) is 3.29. The fourth-order valence-corrected chi connectivity index (χ4v) is 6.63. The average molecular weight is 641 g/mol. The molecule has 210 valence electrons. The van der Waals surface area contributed by atoms with E-state index in [0.29, 0.717) is 44.6 Å². The average Bonchev–Trinajstić information content (AvgIpc) is 2.97. The quantitative estimate of drug-likeness (QED) is 0.195. The van der Waals surface area contributed by atoms with E-state index < -0.39 is 30.0 Å². The van der Waals surface area contributed by atoms with Crippen LogP contribution in [-0.4, -0.2) is 25.9 Å². The molecule has 6 rings (SSSR count). The summed E-state index contributed by atoms with van der Waals surface area (Å²) in [6.45, 7) is 0. The van der Waals surface area contributed by atoms with Gasteiger partial charge in [-0.3, -0.25) is 0 Å². The predicted molar refractivity (Wildman–Crippen MR) is 162 cm³/mol. The Bertz CT molecular complexity index is 2040. The van der Waals surface area contributed by atoms with Gasteiger partial charge in [-0.05, 0) is 70.4 Å². The van der Waals surface area contributed by atoms with Crippen molar-refractivity contribution in [2.24, 2.45) is 0 Å². The van der Waals surface area contributed by atoms with Crippen LogP contribution < -0.4 is 69.7 Å². The van der Waals surface area contributed by atoms with E-state index in [1.54, 1.807) is 36.4 Å². The standard InChI is InChI=1S/C32H24N2O6S2.2Na/c35-41(36,37)29-15-7-13-25-23(17-19-27(31(25)29)33-21-9-3-1-4-10-21)24-18-20-28(34-22-11-5-2-6-12-22)32-26(24)14-8-16-30(32)42(38,39)40;;/h1-20,33-34H,(H,35,36,37)(H,38,39,40);;/q;2*+1/p-2. The van der Waals surface area contributed by atoms with Crippen LogP contribution in [-0.2, 0) is 20.2 Å². The molecule has 2 N–H and O–H groups in total. The summed E-state index contributed by atoms with van der Waals surface area (Å²) in [4.78, 5) is -0.787. The van der Waals surface area contributed by atoms with Crippen LogP contribution in [0.4, 0.5) is 22.7 Å². The Kier molecular flexibility index (Phi) is 10.6. The van der Waals surface area contributed by atoms with Gasteiger partial charge in [0.1, 0.15) is 20.2 Å². The molecule has 0 fully saturated rings. The van der Waals surface area contributed by atoms with E-state index in [1.807, 2.05) is 60.7 Å². The molecule has 0 radical (unpaired) electrons. The monoisotopic (exact) mass is 640 g/mol. The molecule has 0 atom stereocenters. The van der Waals surface area contributed by atoms with E-state index in [9.17, 15) is 25.9 Å². The number of hydrogen-bond donors (Lipinski definition) is 2. The van der Waals surface area contributed by atoms with Gasteiger partial charge in [0.25, 0.3) is 0 Å². The van der Waals surface area contributed by atoms with Gasteiger partial charge in [-0.25, -0.2) is 16.8 Å². The van der Waals surface area contributed by atoms with Crippen LogP contribution in [0.1, 0.15) is 0 Å². The molecule has 8 nitrogen and oxygen atoms in total. The molecule has 0 saturated carbocycles. The Morgan fingerprint density at radius 2 is 0.795 bits per heavy atom. The van der Waals surface area contributed by atoms with Crippen molar-refractivity contribution in [2.45, 2.75) is 9.79 Å². The Morgan fingerprint density at radius 1 is 0.432 bits per heavy atom. The maximum absolute atomic E-state index is 12.4. The summed E-state index contributed by atoms with van der Waals surface area (Å²) in [6, 6.07) is 34.0. The molecule has 6 aromatic carbocycles. The van der Waals surface area contributed by atoms with Crippen molar-refractivity contribution in [3.8, 4) is 11.1 Å². The molecule has 0 amide bonds. The molecule has 0 heterocycles. The Morgan fingerprint density at radius 3 is 1.14 bits per heavy atom. The zero-order chi connectivity index (χ0) is 29.5. The molecule has 0 aliphatic heterocycles. The van der Waals surface area contributed by atoms with Crippen LogP contribution in [0.2, 0.25) is 0 Å².